The summed E-state index contributed by atoms with van der Waals surface area (Å²) in [6.45, 7) is 2.27. The van der Waals surface area contributed by atoms with Gasteiger partial charge in [0, 0.05) is 16.7 Å². The second kappa shape index (κ2) is 4.96. The van der Waals surface area contributed by atoms with Gasteiger partial charge in [-0.3, -0.25) is 0 Å². The predicted molar refractivity (Wildman–Crippen MR) is 65.3 cm³/mol. The van der Waals surface area contributed by atoms with Crippen LogP contribution >= 0.6 is 15.9 Å². The number of aryl methyl sites for hydroxylation is 1. The van der Waals surface area contributed by atoms with Gasteiger partial charge in [0.25, 0.3) is 0 Å². The van der Waals surface area contributed by atoms with Crippen LogP contribution in [-0.2, 0) is 10.0 Å². The van der Waals surface area contributed by atoms with Gasteiger partial charge < -0.3 is 5.32 Å². The molecule has 0 aliphatic carbocycles. The molecule has 84 valence electrons. The Kier molecular flexibility index (Phi) is 4.12. The van der Waals surface area contributed by atoms with Gasteiger partial charge in [0.15, 0.2) is 0 Å². The number of rotatable bonds is 4. The van der Waals surface area contributed by atoms with E-state index in [1.807, 2.05) is 25.1 Å². The van der Waals surface area contributed by atoms with Gasteiger partial charge in [-0.15, -0.1) is 0 Å². The first-order valence-electron chi connectivity index (χ1n) is 4.39. The smallest absolute Gasteiger partial charge is 0.210 e. The molecule has 0 aliphatic heterocycles. The van der Waals surface area contributed by atoms with E-state index in [1.54, 1.807) is 0 Å². The Morgan fingerprint density at radius 3 is 2.73 bits per heavy atom. The zero-order chi connectivity index (χ0) is 11.5. The average molecular weight is 293 g/mol. The lowest BCUT2D eigenvalue weighted by Gasteiger charge is -2.09. The van der Waals surface area contributed by atoms with E-state index in [-0.39, 0.29) is 5.75 Å². The molecule has 4 nitrogen and oxygen atoms in total. The van der Waals surface area contributed by atoms with Crippen molar-refractivity contribution < 1.29 is 8.42 Å². The molecule has 0 atom stereocenters. The molecule has 1 rings (SSSR count). The monoisotopic (exact) mass is 292 g/mol. The highest BCUT2D eigenvalue weighted by Crippen LogP contribution is 2.20. The molecule has 0 saturated carbocycles. The fraction of sp³-hybridized carbons (Fsp3) is 0.333. The maximum Gasteiger partial charge on any atom is 0.210 e. The molecule has 1 aromatic rings. The Balaban J connectivity index is 2.61. The number of nitrogens with one attached hydrogen (secondary N) is 1. The summed E-state index contributed by atoms with van der Waals surface area (Å²) in [5.74, 6) is -0.0705. The summed E-state index contributed by atoms with van der Waals surface area (Å²) in [6.07, 6.45) is 0. The second-order valence-electron chi connectivity index (χ2n) is 3.25. The number of anilines is 1. The first-order valence-corrected chi connectivity index (χ1v) is 6.90. The van der Waals surface area contributed by atoms with Gasteiger partial charge in [0.05, 0.1) is 5.75 Å². The average Bonchev–Trinajstić information content (AvgIpc) is 2.09. The van der Waals surface area contributed by atoms with Crippen LogP contribution in [0.4, 0.5) is 5.69 Å². The number of sulfonamides is 1. The molecule has 0 unspecified atom stereocenters. The quantitative estimate of drug-likeness (QED) is 0.882. The summed E-state index contributed by atoms with van der Waals surface area (Å²) in [6, 6.07) is 5.78. The van der Waals surface area contributed by atoms with Gasteiger partial charge in [0.1, 0.15) is 0 Å². The van der Waals surface area contributed by atoms with Crippen molar-refractivity contribution in [2.45, 2.75) is 6.92 Å². The lowest BCUT2D eigenvalue weighted by molar-refractivity contribution is 0.598. The highest BCUT2D eigenvalue weighted by atomic mass is 79.9. The van der Waals surface area contributed by atoms with Crippen molar-refractivity contribution >= 4 is 31.6 Å². The molecule has 0 spiro atoms. The molecule has 3 N–H and O–H groups in total. The summed E-state index contributed by atoms with van der Waals surface area (Å²) < 4.78 is 22.4. The minimum Gasteiger partial charge on any atom is -0.384 e. The van der Waals surface area contributed by atoms with Gasteiger partial charge in [-0.05, 0) is 24.6 Å². The van der Waals surface area contributed by atoms with Crippen LogP contribution in [0.15, 0.2) is 22.7 Å². The standard InChI is InChI=1S/C9H13BrN2O2S/c1-7-2-3-8(10)6-9(7)12-4-5-15(11,13)14/h2-3,6,12H,4-5H2,1H3,(H2,11,13,14). The Morgan fingerprint density at radius 2 is 2.13 bits per heavy atom. The normalized spacial score (nSPS) is 11.4. The van der Waals surface area contributed by atoms with Crippen molar-refractivity contribution in [2.24, 2.45) is 5.14 Å². The van der Waals surface area contributed by atoms with Gasteiger partial charge in [-0.2, -0.15) is 0 Å². The van der Waals surface area contributed by atoms with Gasteiger partial charge in [-0.25, -0.2) is 13.6 Å². The highest BCUT2D eigenvalue weighted by Gasteiger charge is 2.03. The number of benzene rings is 1. The maximum atomic E-state index is 10.7. The zero-order valence-corrected chi connectivity index (χ0v) is 10.7. The molecule has 1 aromatic carbocycles. The third kappa shape index (κ3) is 4.63. The van der Waals surface area contributed by atoms with Crippen molar-refractivity contribution in [1.82, 2.24) is 0 Å². The van der Waals surface area contributed by atoms with Crippen molar-refractivity contribution in [1.29, 1.82) is 0 Å². The van der Waals surface area contributed by atoms with E-state index in [4.69, 9.17) is 5.14 Å². The topological polar surface area (TPSA) is 72.2 Å². The summed E-state index contributed by atoms with van der Waals surface area (Å²) >= 11 is 3.34. The first-order chi connectivity index (χ1) is 6.88. The lowest BCUT2D eigenvalue weighted by atomic mass is 10.2. The largest absolute Gasteiger partial charge is 0.384 e. The number of nitrogens with two attached hydrogens (primary N) is 1. The Hall–Kier alpha value is -0.590. The number of halogens is 1. The van der Waals surface area contributed by atoms with E-state index in [0.717, 1.165) is 15.7 Å². The van der Waals surface area contributed by atoms with E-state index in [0.29, 0.717) is 6.54 Å². The molecule has 0 radical (unpaired) electrons. The summed E-state index contributed by atoms with van der Waals surface area (Å²) in [4.78, 5) is 0. The summed E-state index contributed by atoms with van der Waals surface area (Å²) in [5, 5.41) is 7.91. The first kappa shape index (κ1) is 12.5. The van der Waals surface area contributed by atoms with Crippen LogP contribution in [0.5, 0.6) is 0 Å². The minimum atomic E-state index is -3.39. The summed E-state index contributed by atoms with van der Waals surface area (Å²) in [7, 11) is -3.39. The SMILES string of the molecule is Cc1ccc(Br)cc1NCCS(N)(=O)=O. The molecular weight excluding hydrogens is 280 g/mol. The fourth-order valence-corrected chi connectivity index (χ4v) is 1.86. The second-order valence-corrected chi connectivity index (χ2v) is 5.90. The molecule has 0 saturated heterocycles. The van der Waals surface area contributed by atoms with Crippen LogP contribution in [0.2, 0.25) is 0 Å². The molecule has 0 fully saturated rings. The maximum absolute atomic E-state index is 10.7. The van der Waals surface area contributed by atoms with Crippen LogP contribution in [0.25, 0.3) is 0 Å². The van der Waals surface area contributed by atoms with Crippen molar-refractivity contribution in [3.05, 3.63) is 28.2 Å². The van der Waals surface area contributed by atoms with Crippen LogP contribution in [0.1, 0.15) is 5.56 Å². The summed E-state index contributed by atoms with van der Waals surface area (Å²) in [5.41, 5.74) is 1.97. The van der Waals surface area contributed by atoms with Crippen LogP contribution in [0, 0.1) is 6.92 Å². The van der Waals surface area contributed by atoms with Crippen molar-refractivity contribution in [3.8, 4) is 0 Å². The van der Waals surface area contributed by atoms with Crippen LogP contribution in [0.3, 0.4) is 0 Å². The third-order valence-corrected chi connectivity index (χ3v) is 3.17. The van der Waals surface area contributed by atoms with E-state index >= 15 is 0 Å². The van der Waals surface area contributed by atoms with Crippen LogP contribution < -0.4 is 10.5 Å². The minimum absolute atomic E-state index is 0.0705. The number of primary sulfonamides is 1. The Morgan fingerprint density at radius 1 is 1.47 bits per heavy atom. The molecule has 6 heteroatoms. The zero-order valence-electron chi connectivity index (χ0n) is 8.33. The molecule has 0 bridgehead atoms. The Labute approximate surface area is 98.0 Å². The molecule has 15 heavy (non-hydrogen) atoms. The molecule has 0 aromatic heterocycles. The lowest BCUT2D eigenvalue weighted by Crippen LogP contribution is -2.22. The molecule has 0 heterocycles. The van der Waals surface area contributed by atoms with Crippen molar-refractivity contribution in [2.75, 3.05) is 17.6 Å². The third-order valence-electron chi connectivity index (χ3n) is 1.90. The number of hydrogen-bond acceptors (Lipinski definition) is 3. The van der Waals surface area contributed by atoms with E-state index in [2.05, 4.69) is 21.2 Å². The fourth-order valence-electron chi connectivity index (χ4n) is 1.11. The van der Waals surface area contributed by atoms with E-state index in [9.17, 15) is 8.42 Å². The van der Waals surface area contributed by atoms with Gasteiger partial charge in [-0.1, -0.05) is 22.0 Å². The molecular formula is C9H13BrN2O2S. The molecule has 0 aliphatic rings. The van der Waals surface area contributed by atoms with Gasteiger partial charge in [0.2, 0.25) is 10.0 Å². The van der Waals surface area contributed by atoms with Crippen LogP contribution in [-0.4, -0.2) is 20.7 Å². The molecule has 0 amide bonds. The number of hydrogen-bond donors (Lipinski definition) is 2. The van der Waals surface area contributed by atoms with E-state index in [1.165, 1.54) is 0 Å². The van der Waals surface area contributed by atoms with E-state index < -0.39 is 10.0 Å². The predicted octanol–water partition coefficient (Wildman–Crippen LogP) is 1.46. The highest BCUT2D eigenvalue weighted by molar-refractivity contribution is 9.10. The van der Waals surface area contributed by atoms with Gasteiger partial charge >= 0.3 is 0 Å². The van der Waals surface area contributed by atoms with Crippen molar-refractivity contribution in [3.63, 3.8) is 0 Å². The Bertz CT molecular complexity index is 445.